The third-order valence-corrected chi connectivity index (χ3v) is 5.61. The molecule has 1 aliphatic rings. The number of nitrogens with one attached hydrogen (secondary N) is 1. The van der Waals surface area contributed by atoms with E-state index in [1.165, 1.54) is 4.31 Å². The lowest BCUT2D eigenvalue weighted by molar-refractivity contribution is 0.0979. The second-order valence-corrected chi connectivity index (χ2v) is 7.88. The van der Waals surface area contributed by atoms with Crippen molar-refractivity contribution in [2.45, 2.75) is 30.8 Å². The van der Waals surface area contributed by atoms with E-state index < -0.39 is 10.0 Å². The van der Waals surface area contributed by atoms with Gasteiger partial charge >= 0.3 is 0 Å². The summed E-state index contributed by atoms with van der Waals surface area (Å²) in [5.41, 5.74) is 0. The van der Waals surface area contributed by atoms with Crippen molar-refractivity contribution in [2.75, 3.05) is 32.1 Å². The van der Waals surface area contributed by atoms with Crippen LogP contribution in [0.25, 0.3) is 0 Å². The summed E-state index contributed by atoms with van der Waals surface area (Å²) < 4.78 is 33.0. The Balaban J connectivity index is 2.26. The highest BCUT2D eigenvalue weighted by Gasteiger charge is 2.28. The van der Waals surface area contributed by atoms with Crippen LogP contribution in [0, 0.1) is 0 Å². The van der Waals surface area contributed by atoms with Crippen molar-refractivity contribution in [3.8, 4) is 0 Å². The van der Waals surface area contributed by atoms with E-state index in [-0.39, 0.29) is 11.0 Å². The fraction of sp³-hybridized carbons (Fsp3) is 0.615. The Morgan fingerprint density at radius 1 is 1.57 bits per heavy atom. The van der Waals surface area contributed by atoms with E-state index in [0.717, 1.165) is 12.8 Å². The van der Waals surface area contributed by atoms with Crippen molar-refractivity contribution in [2.24, 2.45) is 0 Å². The molecule has 0 spiro atoms. The van der Waals surface area contributed by atoms with Crippen molar-refractivity contribution < 1.29 is 13.2 Å². The van der Waals surface area contributed by atoms with E-state index in [1.807, 2.05) is 6.92 Å². The molecule has 1 aliphatic heterocycles. The zero-order valence-electron chi connectivity index (χ0n) is 12.2. The molecule has 8 heteroatoms. The average Bonchev–Trinajstić information content (AvgIpc) is 2.93. The number of pyridine rings is 1. The predicted octanol–water partition coefficient (Wildman–Crippen LogP) is 2.08. The van der Waals surface area contributed by atoms with Crippen LogP contribution in [0.3, 0.4) is 0 Å². The van der Waals surface area contributed by atoms with E-state index in [2.05, 4.69) is 26.2 Å². The van der Waals surface area contributed by atoms with Gasteiger partial charge in [-0.25, -0.2) is 13.4 Å². The molecule has 1 saturated heterocycles. The van der Waals surface area contributed by atoms with E-state index >= 15 is 0 Å². The number of halogens is 1. The topological polar surface area (TPSA) is 71.5 Å². The molecule has 21 heavy (non-hydrogen) atoms. The van der Waals surface area contributed by atoms with E-state index in [9.17, 15) is 8.42 Å². The van der Waals surface area contributed by atoms with Gasteiger partial charge in [0.15, 0.2) is 0 Å². The minimum Gasteiger partial charge on any atom is -0.377 e. The van der Waals surface area contributed by atoms with Crippen molar-refractivity contribution in [1.29, 1.82) is 0 Å². The minimum absolute atomic E-state index is 0.0209. The van der Waals surface area contributed by atoms with Gasteiger partial charge in [-0.3, -0.25) is 0 Å². The molecule has 2 rings (SSSR count). The Hall–Kier alpha value is -0.700. The number of likely N-dealkylation sites (N-methyl/N-ethyl adjacent to an activating group) is 1. The molecule has 0 aromatic carbocycles. The fourth-order valence-corrected chi connectivity index (χ4v) is 4.08. The van der Waals surface area contributed by atoms with Crippen LogP contribution in [0.2, 0.25) is 0 Å². The normalized spacial score (nSPS) is 19.1. The van der Waals surface area contributed by atoms with Gasteiger partial charge in [-0.05, 0) is 41.8 Å². The Labute approximate surface area is 134 Å². The number of nitrogens with zero attached hydrogens (tertiary/aromatic N) is 2. The number of sulfonamides is 1. The highest BCUT2D eigenvalue weighted by molar-refractivity contribution is 9.10. The van der Waals surface area contributed by atoms with Crippen LogP contribution in [0.15, 0.2) is 21.6 Å². The molecule has 1 aromatic rings. The molecule has 0 aliphatic carbocycles. The molecule has 1 N–H and O–H groups in total. The number of anilines is 1. The molecule has 1 unspecified atom stereocenters. The molecule has 1 fully saturated rings. The van der Waals surface area contributed by atoms with Crippen LogP contribution >= 0.6 is 15.9 Å². The van der Waals surface area contributed by atoms with Gasteiger partial charge < -0.3 is 10.1 Å². The van der Waals surface area contributed by atoms with Gasteiger partial charge in [0.2, 0.25) is 10.0 Å². The SMILES string of the molecule is CCNc1ncc(Br)cc1S(=O)(=O)N(C)CC1CCCO1. The molecule has 6 nitrogen and oxygen atoms in total. The summed E-state index contributed by atoms with van der Waals surface area (Å²) in [7, 11) is -2.03. The minimum atomic E-state index is -3.60. The van der Waals surface area contributed by atoms with E-state index in [1.54, 1.807) is 19.3 Å². The van der Waals surface area contributed by atoms with Crippen LogP contribution in [-0.4, -0.2) is 50.6 Å². The third kappa shape index (κ3) is 3.94. The maximum Gasteiger partial charge on any atom is 0.246 e. The fourth-order valence-electron chi connectivity index (χ4n) is 2.26. The van der Waals surface area contributed by atoms with Gasteiger partial charge in [0, 0.05) is 37.4 Å². The first-order valence-electron chi connectivity index (χ1n) is 6.92. The number of hydrogen-bond donors (Lipinski definition) is 1. The van der Waals surface area contributed by atoms with Gasteiger partial charge in [-0.1, -0.05) is 0 Å². The van der Waals surface area contributed by atoms with Crippen molar-refractivity contribution in [3.63, 3.8) is 0 Å². The van der Waals surface area contributed by atoms with Crippen molar-refractivity contribution in [1.82, 2.24) is 9.29 Å². The molecule has 1 aromatic heterocycles. The molecule has 0 saturated carbocycles. The predicted molar refractivity (Wildman–Crippen MR) is 84.9 cm³/mol. The van der Waals surface area contributed by atoms with Gasteiger partial charge in [0.25, 0.3) is 0 Å². The highest BCUT2D eigenvalue weighted by atomic mass is 79.9. The van der Waals surface area contributed by atoms with Crippen molar-refractivity contribution >= 4 is 31.8 Å². The van der Waals surface area contributed by atoms with Crippen LogP contribution in [-0.2, 0) is 14.8 Å². The molecular weight excluding hydrogens is 358 g/mol. The van der Waals surface area contributed by atoms with Gasteiger partial charge in [0.05, 0.1) is 6.10 Å². The van der Waals surface area contributed by atoms with Crippen LogP contribution < -0.4 is 5.32 Å². The maximum atomic E-state index is 12.7. The summed E-state index contributed by atoms with van der Waals surface area (Å²) in [4.78, 5) is 4.33. The van der Waals surface area contributed by atoms with Crippen molar-refractivity contribution in [3.05, 3.63) is 16.7 Å². The van der Waals surface area contributed by atoms with Crippen LogP contribution in [0.1, 0.15) is 19.8 Å². The third-order valence-electron chi connectivity index (χ3n) is 3.34. The lowest BCUT2D eigenvalue weighted by Crippen LogP contribution is -2.34. The van der Waals surface area contributed by atoms with Gasteiger partial charge in [-0.15, -0.1) is 0 Å². The number of aromatic nitrogens is 1. The summed E-state index contributed by atoms with van der Waals surface area (Å²) in [6.45, 7) is 3.57. The van der Waals surface area contributed by atoms with E-state index in [4.69, 9.17) is 4.74 Å². The van der Waals surface area contributed by atoms with Crippen LogP contribution in [0.5, 0.6) is 0 Å². The smallest absolute Gasteiger partial charge is 0.246 e. The zero-order valence-corrected chi connectivity index (χ0v) is 14.6. The second kappa shape index (κ2) is 7.04. The Kier molecular flexibility index (Phi) is 5.59. The monoisotopic (exact) mass is 377 g/mol. The van der Waals surface area contributed by atoms with Gasteiger partial charge in [-0.2, -0.15) is 4.31 Å². The number of rotatable bonds is 6. The van der Waals surface area contributed by atoms with Gasteiger partial charge in [0.1, 0.15) is 10.7 Å². The number of hydrogen-bond acceptors (Lipinski definition) is 5. The average molecular weight is 378 g/mol. The summed E-state index contributed by atoms with van der Waals surface area (Å²) >= 11 is 3.28. The summed E-state index contributed by atoms with van der Waals surface area (Å²) in [6, 6.07) is 1.58. The Bertz CT molecular complexity index is 588. The Morgan fingerprint density at radius 2 is 2.33 bits per heavy atom. The largest absolute Gasteiger partial charge is 0.377 e. The first-order chi connectivity index (χ1) is 9.95. The highest BCUT2D eigenvalue weighted by Crippen LogP contribution is 2.26. The molecule has 118 valence electrons. The lowest BCUT2D eigenvalue weighted by atomic mass is 10.2. The first-order valence-corrected chi connectivity index (χ1v) is 9.15. The second-order valence-electron chi connectivity index (χ2n) is 4.95. The summed E-state index contributed by atoms with van der Waals surface area (Å²) in [5, 5.41) is 2.99. The molecular formula is C13H20BrN3O3S. The zero-order chi connectivity index (χ0) is 15.5. The number of ether oxygens (including phenoxy) is 1. The Morgan fingerprint density at radius 3 is 2.95 bits per heavy atom. The quantitative estimate of drug-likeness (QED) is 0.821. The summed E-state index contributed by atoms with van der Waals surface area (Å²) in [5.74, 6) is 0.375. The standard InChI is InChI=1S/C13H20BrN3O3S/c1-3-15-13-12(7-10(14)8-16-13)21(18,19)17(2)9-11-5-4-6-20-11/h7-8,11H,3-6,9H2,1-2H3,(H,15,16). The first kappa shape index (κ1) is 16.7. The maximum absolute atomic E-state index is 12.7. The summed E-state index contributed by atoms with van der Waals surface area (Å²) in [6.07, 6.45) is 3.44. The van der Waals surface area contributed by atoms with E-state index in [0.29, 0.717) is 30.0 Å². The molecule has 0 bridgehead atoms. The molecule has 2 heterocycles. The lowest BCUT2D eigenvalue weighted by Gasteiger charge is -2.21. The molecule has 0 radical (unpaired) electrons. The molecule has 1 atom stereocenters. The molecule has 0 amide bonds. The van der Waals surface area contributed by atoms with Crippen LogP contribution in [0.4, 0.5) is 5.82 Å².